The van der Waals surface area contributed by atoms with E-state index in [1.165, 1.54) is 4.31 Å². The standard InChI is InChI=1S/C23H36N4O4S.C2H6/c1-19(2)14-16-32(29,30)26(4)22-10-12-23(13-11-22)31-18-21-17-27(25-24-21)15-8-6-5-7-9-20(3)28;1-2/h10-13,17,19H,5-9,14-16,18H2,1-4H3;1-2H3. The van der Waals surface area contributed by atoms with Gasteiger partial charge in [-0.3, -0.25) is 8.99 Å². The fourth-order valence-electron chi connectivity index (χ4n) is 3.11. The minimum atomic E-state index is -3.33. The number of hydrogen-bond acceptors (Lipinski definition) is 6. The Morgan fingerprint density at radius 3 is 2.35 bits per heavy atom. The molecule has 0 N–H and O–H groups in total. The number of Topliss-reactive ketones (excluding diaryl/α,β-unsaturated/α-hetero) is 1. The molecule has 1 aromatic heterocycles. The number of ketones is 1. The Hall–Kier alpha value is -2.42. The average Bonchev–Trinajstić information content (AvgIpc) is 3.27. The molecule has 0 saturated heterocycles. The van der Waals surface area contributed by atoms with Gasteiger partial charge in [-0.15, -0.1) is 5.10 Å². The minimum absolute atomic E-state index is 0.132. The molecule has 0 aliphatic heterocycles. The first kappa shape index (κ1) is 29.6. The highest BCUT2D eigenvalue weighted by Crippen LogP contribution is 2.22. The molecule has 0 aliphatic carbocycles. The summed E-state index contributed by atoms with van der Waals surface area (Å²) in [6.45, 7) is 10.7. The minimum Gasteiger partial charge on any atom is -0.487 e. The second kappa shape index (κ2) is 15.5. The van der Waals surface area contributed by atoms with Gasteiger partial charge in [-0.05, 0) is 56.4 Å². The van der Waals surface area contributed by atoms with Crippen molar-refractivity contribution >= 4 is 21.5 Å². The van der Waals surface area contributed by atoms with E-state index in [9.17, 15) is 13.2 Å². The lowest BCUT2D eigenvalue weighted by Gasteiger charge is -2.20. The molecule has 0 spiro atoms. The maximum absolute atomic E-state index is 12.5. The van der Waals surface area contributed by atoms with Crippen LogP contribution in [0.4, 0.5) is 5.69 Å². The molecule has 0 aliphatic rings. The summed E-state index contributed by atoms with van der Waals surface area (Å²) in [7, 11) is -1.76. The molecule has 0 fully saturated rings. The lowest BCUT2D eigenvalue weighted by atomic mass is 10.1. The fraction of sp³-hybridized carbons (Fsp3) is 0.640. The molecule has 1 heterocycles. The fourth-order valence-corrected chi connectivity index (χ4v) is 4.59. The van der Waals surface area contributed by atoms with Crippen LogP contribution >= 0.6 is 0 Å². The molecule has 0 unspecified atom stereocenters. The Morgan fingerprint density at radius 2 is 1.74 bits per heavy atom. The number of benzene rings is 1. The van der Waals surface area contributed by atoms with Crippen molar-refractivity contribution in [2.75, 3.05) is 17.1 Å². The molecular formula is C25H42N4O4S. The number of rotatable bonds is 15. The van der Waals surface area contributed by atoms with Crippen molar-refractivity contribution in [3.63, 3.8) is 0 Å². The van der Waals surface area contributed by atoms with Crippen LogP contribution in [0, 0.1) is 5.92 Å². The van der Waals surface area contributed by atoms with Gasteiger partial charge < -0.3 is 9.53 Å². The van der Waals surface area contributed by atoms with Crippen LogP contribution in [0.1, 0.15) is 78.8 Å². The molecule has 9 heteroatoms. The number of aromatic nitrogens is 3. The Morgan fingerprint density at radius 1 is 1.09 bits per heavy atom. The molecule has 0 radical (unpaired) electrons. The van der Waals surface area contributed by atoms with E-state index in [-0.39, 0.29) is 11.5 Å². The number of unbranched alkanes of at least 4 members (excludes halogenated alkanes) is 3. The van der Waals surface area contributed by atoms with Crippen LogP contribution in [0.5, 0.6) is 5.75 Å². The van der Waals surface area contributed by atoms with E-state index in [2.05, 4.69) is 10.3 Å². The molecule has 2 aromatic rings. The van der Waals surface area contributed by atoms with Gasteiger partial charge in [-0.1, -0.05) is 45.7 Å². The topological polar surface area (TPSA) is 94.4 Å². The molecule has 2 rings (SSSR count). The van der Waals surface area contributed by atoms with Crippen LogP contribution in [0.2, 0.25) is 0 Å². The number of aryl methyl sites for hydroxylation is 1. The van der Waals surface area contributed by atoms with Crippen LogP contribution in [-0.2, 0) is 28.0 Å². The molecule has 0 saturated carbocycles. The van der Waals surface area contributed by atoms with E-state index >= 15 is 0 Å². The van der Waals surface area contributed by atoms with E-state index in [4.69, 9.17) is 4.74 Å². The van der Waals surface area contributed by atoms with Gasteiger partial charge in [-0.2, -0.15) is 0 Å². The van der Waals surface area contributed by atoms with Gasteiger partial charge in [-0.25, -0.2) is 8.42 Å². The van der Waals surface area contributed by atoms with E-state index in [1.807, 2.05) is 38.6 Å². The van der Waals surface area contributed by atoms with Crippen molar-refractivity contribution in [2.45, 2.75) is 86.3 Å². The summed E-state index contributed by atoms with van der Waals surface area (Å²) in [5.74, 6) is 1.36. The highest BCUT2D eigenvalue weighted by molar-refractivity contribution is 7.92. The zero-order valence-corrected chi connectivity index (χ0v) is 22.5. The monoisotopic (exact) mass is 494 g/mol. The Kier molecular flexibility index (Phi) is 13.5. The Labute approximate surface area is 205 Å². The summed E-state index contributed by atoms with van der Waals surface area (Å²) < 4.78 is 33.8. The summed E-state index contributed by atoms with van der Waals surface area (Å²) in [6.07, 6.45) is 7.23. The van der Waals surface area contributed by atoms with Gasteiger partial charge in [0.15, 0.2) is 0 Å². The van der Waals surface area contributed by atoms with Crippen molar-refractivity contribution in [1.29, 1.82) is 0 Å². The van der Waals surface area contributed by atoms with Gasteiger partial charge in [0.05, 0.1) is 17.6 Å². The van der Waals surface area contributed by atoms with Crippen molar-refractivity contribution in [2.24, 2.45) is 5.92 Å². The smallest absolute Gasteiger partial charge is 0.234 e. The molecule has 0 bridgehead atoms. The third-order valence-corrected chi connectivity index (χ3v) is 7.01. The first-order valence-electron chi connectivity index (χ1n) is 12.3. The van der Waals surface area contributed by atoms with Crippen molar-refractivity contribution in [3.05, 3.63) is 36.2 Å². The Bertz CT molecular complexity index is 940. The first-order valence-corrected chi connectivity index (χ1v) is 13.9. The summed E-state index contributed by atoms with van der Waals surface area (Å²) in [4.78, 5) is 10.9. The summed E-state index contributed by atoms with van der Waals surface area (Å²) in [5.41, 5.74) is 1.34. The number of carbonyl (C=O) groups is 1. The van der Waals surface area contributed by atoms with Crippen LogP contribution in [0.15, 0.2) is 30.5 Å². The van der Waals surface area contributed by atoms with Gasteiger partial charge in [0.2, 0.25) is 10.0 Å². The molecule has 8 nitrogen and oxygen atoms in total. The van der Waals surface area contributed by atoms with Crippen LogP contribution in [-0.4, -0.2) is 42.0 Å². The summed E-state index contributed by atoms with van der Waals surface area (Å²) in [6, 6.07) is 7.00. The SMILES string of the molecule is CC.CC(=O)CCCCCCn1cc(COc2ccc(N(C)S(=O)(=O)CCC(C)C)cc2)nn1. The van der Waals surface area contributed by atoms with Crippen molar-refractivity contribution in [3.8, 4) is 5.75 Å². The predicted molar refractivity (Wildman–Crippen MR) is 138 cm³/mol. The Balaban J connectivity index is 0.00000281. The first-order chi connectivity index (χ1) is 16.2. The number of carbonyl (C=O) groups excluding carboxylic acids is 1. The van der Waals surface area contributed by atoms with E-state index in [1.54, 1.807) is 38.2 Å². The maximum Gasteiger partial charge on any atom is 0.234 e. The zero-order valence-electron chi connectivity index (χ0n) is 21.7. The number of nitrogens with zero attached hydrogens (tertiary/aromatic N) is 4. The third kappa shape index (κ3) is 11.1. The number of sulfonamides is 1. The lowest BCUT2D eigenvalue weighted by Crippen LogP contribution is -2.29. The second-order valence-electron chi connectivity index (χ2n) is 8.59. The largest absolute Gasteiger partial charge is 0.487 e. The van der Waals surface area contributed by atoms with Crippen LogP contribution in [0.3, 0.4) is 0 Å². The molecule has 1 aromatic carbocycles. The van der Waals surface area contributed by atoms with Crippen LogP contribution < -0.4 is 9.04 Å². The van der Waals surface area contributed by atoms with Crippen molar-refractivity contribution < 1.29 is 17.9 Å². The third-order valence-electron chi connectivity index (χ3n) is 5.21. The average molecular weight is 495 g/mol. The van der Waals surface area contributed by atoms with Gasteiger partial charge in [0.1, 0.15) is 23.8 Å². The molecule has 0 atom stereocenters. The number of hydrogen-bond donors (Lipinski definition) is 0. The second-order valence-corrected chi connectivity index (χ2v) is 10.7. The van der Waals surface area contributed by atoms with E-state index < -0.39 is 10.0 Å². The molecule has 192 valence electrons. The number of anilines is 1. The zero-order chi connectivity index (χ0) is 25.6. The van der Waals surface area contributed by atoms with Gasteiger partial charge in [0.25, 0.3) is 0 Å². The molecule has 0 amide bonds. The highest BCUT2D eigenvalue weighted by Gasteiger charge is 2.18. The van der Waals surface area contributed by atoms with Crippen molar-refractivity contribution in [1.82, 2.24) is 15.0 Å². The summed E-state index contributed by atoms with van der Waals surface area (Å²) >= 11 is 0. The van der Waals surface area contributed by atoms with E-state index in [0.717, 1.165) is 37.9 Å². The van der Waals surface area contributed by atoms with Crippen LogP contribution in [0.25, 0.3) is 0 Å². The maximum atomic E-state index is 12.5. The van der Waals surface area contributed by atoms with Gasteiger partial charge >= 0.3 is 0 Å². The normalized spacial score (nSPS) is 11.1. The summed E-state index contributed by atoms with van der Waals surface area (Å²) in [5, 5.41) is 8.27. The van der Waals surface area contributed by atoms with E-state index in [0.29, 0.717) is 36.8 Å². The molecule has 34 heavy (non-hydrogen) atoms. The predicted octanol–water partition coefficient (Wildman–Crippen LogP) is 5.23. The highest BCUT2D eigenvalue weighted by atomic mass is 32.2. The number of ether oxygens (including phenoxy) is 1. The lowest BCUT2D eigenvalue weighted by molar-refractivity contribution is -0.117. The van der Waals surface area contributed by atoms with Gasteiger partial charge in [0, 0.05) is 20.0 Å². The molecular weight excluding hydrogens is 452 g/mol. The quantitative estimate of drug-likeness (QED) is 0.315.